The topological polar surface area (TPSA) is 78.5 Å². The minimum atomic E-state index is -0.605. The quantitative estimate of drug-likeness (QED) is 0.430. The zero-order valence-corrected chi connectivity index (χ0v) is 20.2. The van der Waals surface area contributed by atoms with Gasteiger partial charge in [0.2, 0.25) is 0 Å². The van der Waals surface area contributed by atoms with Gasteiger partial charge < -0.3 is 10.6 Å². The van der Waals surface area contributed by atoms with Crippen LogP contribution in [0.2, 0.25) is 5.02 Å². The molecule has 3 aromatic rings. The van der Waals surface area contributed by atoms with Crippen molar-refractivity contribution in [1.29, 1.82) is 0 Å². The van der Waals surface area contributed by atoms with Gasteiger partial charge in [-0.15, -0.1) is 0 Å². The Bertz CT molecular complexity index is 1380. The summed E-state index contributed by atoms with van der Waals surface area (Å²) in [6.45, 7) is 5.63. The number of anilines is 3. The molecule has 2 N–H and O–H groups in total. The first-order valence-electron chi connectivity index (χ1n) is 10.5. The van der Waals surface area contributed by atoms with Crippen LogP contribution >= 0.6 is 23.2 Å². The molecule has 0 unspecified atom stereocenters. The Morgan fingerprint density at radius 1 is 0.824 bits per heavy atom. The number of hydrogen-bond acceptors (Lipinski definition) is 4. The Labute approximate surface area is 207 Å². The Kier molecular flexibility index (Phi) is 6.46. The van der Waals surface area contributed by atoms with Crippen LogP contribution in [-0.2, 0) is 9.59 Å². The molecule has 0 spiro atoms. The van der Waals surface area contributed by atoms with Gasteiger partial charge in [-0.2, -0.15) is 0 Å². The number of nitrogens with one attached hydrogen (secondary N) is 2. The normalized spacial score (nSPS) is 13.5. The van der Waals surface area contributed by atoms with Crippen LogP contribution < -0.4 is 15.5 Å². The van der Waals surface area contributed by atoms with Crippen molar-refractivity contribution >= 4 is 58.0 Å². The first kappa shape index (κ1) is 23.5. The Morgan fingerprint density at radius 2 is 1.59 bits per heavy atom. The van der Waals surface area contributed by atoms with Crippen molar-refractivity contribution in [2.45, 2.75) is 20.8 Å². The summed E-state index contributed by atoms with van der Waals surface area (Å²) in [5, 5.41) is 6.04. The molecular formula is C26H21Cl2N3O3. The molecule has 3 aromatic carbocycles. The summed E-state index contributed by atoms with van der Waals surface area (Å²) in [7, 11) is 0. The Hall–Kier alpha value is -3.61. The lowest BCUT2D eigenvalue weighted by atomic mass is 10.1. The lowest BCUT2D eigenvalue weighted by Crippen LogP contribution is -2.32. The minimum Gasteiger partial charge on any atom is -0.350 e. The smallest absolute Gasteiger partial charge is 0.283 e. The second-order valence-corrected chi connectivity index (χ2v) is 8.83. The fourth-order valence-electron chi connectivity index (χ4n) is 3.64. The number of imide groups is 1. The highest BCUT2D eigenvalue weighted by Gasteiger charge is 2.39. The summed E-state index contributed by atoms with van der Waals surface area (Å²) in [6, 6.07) is 17.2. The maximum absolute atomic E-state index is 13.1. The molecule has 1 aliphatic rings. The number of amides is 3. The van der Waals surface area contributed by atoms with Crippen LogP contribution in [0.5, 0.6) is 0 Å². The zero-order chi connectivity index (χ0) is 24.6. The molecule has 3 amide bonds. The fourth-order valence-corrected chi connectivity index (χ4v) is 4.04. The number of nitrogens with zero attached hydrogens (tertiary/aromatic N) is 1. The van der Waals surface area contributed by atoms with Crippen molar-refractivity contribution in [1.82, 2.24) is 0 Å². The van der Waals surface area contributed by atoms with Gasteiger partial charge in [0.1, 0.15) is 10.7 Å². The third-order valence-corrected chi connectivity index (χ3v) is 6.20. The summed E-state index contributed by atoms with van der Waals surface area (Å²) in [5.74, 6) is -1.52. The van der Waals surface area contributed by atoms with Gasteiger partial charge in [0.25, 0.3) is 17.7 Å². The van der Waals surface area contributed by atoms with Crippen LogP contribution in [0.25, 0.3) is 0 Å². The molecule has 4 rings (SSSR count). The first-order chi connectivity index (χ1) is 16.2. The lowest BCUT2D eigenvalue weighted by molar-refractivity contribution is -0.120. The molecule has 0 saturated carbocycles. The van der Waals surface area contributed by atoms with E-state index in [1.165, 1.54) is 0 Å². The van der Waals surface area contributed by atoms with E-state index in [4.69, 9.17) is 23.2 Å². The number of benzene rings is 3. The van der Waals surface area contributed by atoms with Crippen LogP contribution in [0, 0.1) is 20.8 Å². The van der Waals surface area contributed by atoms with Gasteiger partial charge in [0, 0.05) is 22.0 Å². The predicted molar refractivity (Wildman–Crippen MR) is 135 cm³/mol. The van der Waals surface area contributed by atoms with Crippen molar-refractivity contribution in [3.8, 4) is 0 Å². The SMILES string of the molecule is Cc1ccc(N2C(=O)C(Cl)=C(Nc3cccc(C(=O)Nc4ccc(C)c(Cl)c4)c3)C2=O)c(C)c1. The maximum Gasteiger partial charge on any atom is 0.283 e. The van der Waals surface area contributed by atoms with E-state index < -0.39 is 11.8 Å². The highest BCUT2D eigenvalue weighted by atomic mass is 35.5. The predicted octanol–water partition coefficient (Wildman–Crippen LogP) is 5.95. The molecule has 6 nitrogen and oxygen atoms in total. The minimum absolute atomic E-state index is 0.0467. The van der Waals surface area contributed by atoms with E-state index >= 15 is 0 Å². The molecular weight excluding hydrogens is 473 g/mol. The van der Waals surface area contributed by atoms with E-state index in [2.05, 4.69) is 10.6 Å². The van der Waals surface area contributed by atoms with Gasteiger partial charge in [0.15, 0.2) is 0 Å². The molecule has 1 aliphatic heterocycles. The van der Waals surface area contributed by atoms with Gasteiger partial charge in [-0.25, -0.2) is 4.90 Å². The van der Waals surface area contributed by atoms with Gasteiger partial charge in [-0.3, -0.25) is 14.4 Å². The highest BCUT2D eigenvalue weighted by molar-refractivity contribution is 6.53. The summed E-state index contributed by atoms with van der Waals surface area (Å²) in [5.41, 5.74) is 4.47. The fraction of sp³-hybridized carbons (Fsp3) is 0.115. The van der Waals surface area contributed by atoms with Crippen molar-refractivity contribution in [3.05, 3.63) is 98.7 Å². The number of carbonyl (C=O) groups excluding carboxylic acids is 3. The zero-order valence-electron chi connectivity index (χ0n) is 18.7. The van der Waals surface area contributed by atoms with E-state index in [1.54, 1.807) is 42.5 Å². The van der Waals surface area contributed by atoms with Gasteiger partial charge in [0.05, 0.1) is 5.69 Å². The van der Waals surface area contributed by atoms with Crippen molar-refractivity contribution < 1.29 is 14.4 Å². The second-order valence-electron chi connectivity index (χ2n) is 8.05. The monoisotopic (exact) mass is 493 g/mol. The van der Waals surface area contributed by atoms with Crippen LogP contribution in [0.4, 0.5) is 17.1 Å². The number of rotatable bonds is 5. The first-order valence-corrected chi connectivity index (χ1v) is 11.2. The van der Waals surface area contributed by atoms with E-state index in [9.17, 15) is 14.4 Å². The van der Waals surface area contributed by atoms with Gasteiger partial charge >= 0.3 is 0 Å². The van der Waals surface area contributed by atoms with Crippen molar-refractivity contribution in [2.75, 3.05) is 15.5 Å². The maximum atomic E-state index is 13.1. The van der Waals surface area contributed by atoms with Gasteiger partial charge in [-0.05, 0) is 68.3 Å². The Balaban J connectivity index is 1.55. The molecule has 0 bridgehead atoms. The van der Waals surface area contributed by atoms with Crippen molar-refractivity contribution in [2.24, 2.45) is 0 Å². The molecule has 1 heterocycles. The number of halogens is 2. The molecule has 0 saturated heterocycles. The van der Waals surface area contributed by atoms with E-state index in [-0.39, 0.29) is 16.6 Å². The van der Waals surface area contributed by atoms with Crippen LogP contribution in [0.15, 0.2) is 71.4 Å². The summed E-state index contributed by atoms with van der Waals surface area (Å²) in [4.78, 5) is 39.7. The van der Waals surface area contributed by atoms with Crippen LogP contribution in [-0.4, -0.2) is 17.7 Å². The Morgan fingerprint density at radius 3 is 2.29 bits per heavy atom. The lowest BCUT2D eigenvalue weighted by Gasteiger charge is -2.18. The highest BCUT2D eigenvalue weighted by Crippen LogP contribution is 2.32. The van der Waals surface area contributed by atoms with E-state index in [0.29, 0.717) is 27.6 Å². The standard InChI is InChI=1S/C26H21Cl2N3O3/c1-14-7-10-21(16(3)11-14)31-25(33)22(28)23(26(31)34)29-18-6-4-5-17(12-18)24(32)30-19-9-8-15(2)20(27)13-19/h4-13,29H,1-3H3,(H,30,32). The molecule has 34 heavy (non-hydrogen) atoms. The van der Waals surface area contributed by atoms with Gasteiger partial charge in [-0.1, -0.05) is 53.0 Å². The average Bonchev–Trinajstić information content (AvgIpc) is 3.00. The largest absolute Gasteiger partial charge is 0.350 e. The molecule has 0 radical (unpaired) electrons. The summed E-state index contributed by atoms with van der Waals surface area (Å²) < 4.78 is 0. The molecule has 172 valence electrons. The van der Waals surface area contributed by atoms with Crippen molar-refractivity contribution in [3.63, 3.8) is 0 Å². The molecule has 8 heteroatoms. The molecule has 0 fully saturated rings. The number of aryl methyl sites for hydroxylation is 3. The summed E-state index contributed by atoms with van der Waals surface area (Å²) in [6.07, 6.45) is 0. The van der Waals surface area contributed by atoms with Crippen LogP contribution in [0.1, 0.15) is 27.0 Å². The van der Waals surface area contributed by atoms with Crippen LogP contribution in [0.3, 0.4) is 0 Å². The van der Waals surface area contributed by atoms with E-state index in [0.717, 1.165) is 21.6 Å². The number of carbonyl (C=O) groups is 3. The average molecular weight is 494 g/mol. The summed E-state index contributed by atoms with van der Waals surface area (Å²) >= 11 is 12.4. The number of hydrogen-bond donors (Lipinski definition) is 2. The molecule has 0 aliphatic carbocycles. The third-order valence-electron chi connectivity index (χ3n) is 5.44. The van der Waals surface area contributed by atoms with E-state index in [1.807, 2.05) is 39.0 Å². The molecule has 0 aromatic heterocycles. The third kappa shape index (κ3) is 4.55. The molecule has 0 atom stereocenters. The second kappa shape index (κ2) is 9.33.